The van der Waals surface area contributed by atoms with Crippen LogP contribution in [0, 0.1) is 20.8 Å². The van der Waals surface area contributed by atoms with Crippen LogP contribution >= 0.6 is 23.1 Å². The van der Waals surface area contributed by atoms with Crippen LogP contribution in [-0.4, -0.2) is 33.5 Å². The number of carbonyl (C=O) groups is 2. The molecule has 1 N–H and O–H groups in total. The molecule has 0 saturated heterocycles. The van der Waals surface area contributed by atoms with Crippen molar-refractivity contribution in [1.29, 1.82) is 0 Å². The number of benzene rings is 1. The Hall–Kier alpha value is -2.25. The normalized spacial score (nSPS) is 12.1. The monoisotopic (exact) mass is 413 g/mol. The average Bonchev–Trinajstić information content (AvgIpc) is 2.93. The maximum Gasteiger partial charge on any atom is 0.231 e. The van der Waals surface area contributed by atoms with Gasteiger partial charge in [-0.2, -0.15) is 0 Å². The summed E-state index contributed by atoms with van der Waals surface area (Å²) in [6.07, 6.45) is 0.492. The standard InChI is InChI=1S/C21H23N3O2S2/c1-12-14(3)28-21-19(12)20(22-15(4)23-21)27-11-18(26)24-17(13(2)25)10-16-8-6-5-7-9-16/h5-9,17H,10-11H2,1-4H3,(H,24,26)/t17-/m1/s1. The van der Waals surface area contributed by atoms with Crippen LogP contribution in [0.15, 0.2) is 35.4 Å². The van der Waals surface area contributed by atoms with Crippen LogP contribution in [0.25, 0.3) is 10.2 Å². The van der Waals surface area contributed by atoms with Gasteiger partial charge >= 0.3 is 0 Å². The summed E-state index contributed by atoms with van der Waals surface area (Å²) < 4.78 is 0. The van der Waals surface area contributed by atoms with Gasteiger partial charge in [0.05, 0.1) is 11.8 Å². The first kappa shape index (κ1) is 20.5. The molecule has 1 amide bonds. The quantitative estimate of drug-likeness (QED) is 0.468. The van der Waals surface area contributed by atoms with E-state index in [1.165, 1.54) is 23.6 Å². The predicted octanol–water partition coefficient (Wildman–Crippen LogP) is 4.03. The molecule has 0 aliphatic carbocycles. The molecular weight excluding hydrogens is 390 g/mol. The molecule has 2 aromatic heterocycles. The molecule has 0 bridgehead atoms. The average molecular weight is 414 g/mol. The summed E-state index contributed by atoms with van der Waals surface area (Å²) in [7, 11) is 0. The number of nitrogens with one attached hydrogen (secondary N) is 1. The second kappa shape index (κ2) is 8.84. The molecule has 0 fully saturated rings. The molecule has 0 aliphatic heterocycles. The number of Topliss-reactive ketones (excluding diaryl/α,β-unsaturated/α-hetero) is 1. The Morgan fingerprint density at radius 1 is 1.14 bits per heavy atom. The predicted molar refractivity (Wildman–Crippen MR) is 115 cm³/mol. The molecule has 0 spiro atoms. The van der Waals surface area contributed by atoms with Gasteiger partial charge in [0.1, 0.15) is 15.7 Å². The van der Waals surface area contributed by atoms with Gasteiger partial charge in [0.2, 0.25) is 5.91 Å². The number of fused-ring (bicyclic) bond motifs is 1. The molecule has 0 radical (unpaired) electrons. The van der Waals surface area contributed by atoms with Gasteiger partial charge in [0.15, 0.2) is 5.78 Å². The maximum atomic E-state index is 12.5. The Bertz CT molecular complexity index is 1020. The first-order chi connectivity index (χ1) is 13.3. The molecule has 5 nitrogen and oxygen atoms in total. The first-order valence-corrected chi connectivity index (χ1v) is 10.9. The van der Waals surface area contributed by atoms with Gasteiger partial charge in [-0.25, -0.2) is 9.97 Å². The zero-order valence-electron chi connectivity index (χ0n) is 16.4. The van der Waals surface area contributed by atoms with Crippen LogP contribution in [0.5, 0.6) is 0 Å². The molecule has 1 aromatic carbocycles. The second-order valence-electron chi connectivity index (χ2n) is 6.75. The molecule has 3 aromatic rings. The third-order valence-corrected chi connectivity index (χ3v) is 6.63. The summed E-state index contributed by atoms with van der Waals surface area (Å²) in [6, 6.07) is 9.18. The number of rotatable bonds is 7. The van der Waals surface area contributed by atoms with E-state index < -0.39 is 6.04 Å². The van der Waals surface area contributed by atoms with Crippen molar-refractivity contribution in [2.75, 3.05) is 5.75 Å². The Labute approximate surface area is 173 Å². The molecule has 1 atom stereocenters. The van der Waals surface area contributed by atoms with Gasteiger partial charge in [-0.1, -0.05) is 42.1 Å². The van der Waals surface area contributed by atoms with Crippen molar-refractivity contribution < 1.29 is 9.59 Å². The van der Waals surface area contributed by atoms with Crippen LogP contribution in [0.2, 0.25) is 0 Å². The molecule has 28 heavy (non-hydrogen) atoms. The van der Waals surface area contributed by atoms with E-state index in [4.69, 9.17) is 0 Å². The zero-order valence-corrected chi connectivity index (χ0v) is 18.0. The van der Waals surface area contributed by atoms with Crippen molar-refractivity contribution in [2.45, 2.75) is 45.2 Å². The lowest BCUT2D eigenvalue weighted by atomic mass is 10.0. The number of aryl methyl sites for hydroxylation is 3. The van der Waals surface area contributed by atoms with Crippen LogP contribution in [-0.2, 0) is 16.0 Å². The lowest BCUT2D eigenvalue weighted by molar-refractivity contribution is -0.125. The van der Waals surface area contributed by atoms with Gasteiger partial charge < -0.3 is 5.32 Å². The van der Waals surface area contributed by atoms with Crippen LogP contribution in [0.3, 0.4) is 0 Å². The molecule has 3 rings (SSSR count). The van der Waals surface area contributed by atoms with Crippen molar-refractivity contribution >= 4 is 45.0 Å². The highest BCUT2D eigenvalue weighted by Crippen LogP contribution is 2.34. The maximum absolute atomic E-state index is 12.5. The minimum atomic E-state index is -0.521. The lowest BCUT2D eigenvalue weighted by Gasteiger charge is -2.16. The number of carbonyl (C=O) groups excluding carboxylic acids is 2. The Morgan fingerprint density at radius 3 is 2.54 bits per heavy atom. The number of ketones is 1. The van der Waals surface area contributed by atoms with E-state index in [0.717, 1.165) is 26.4 Å². The van der Waals surface area contributed by atoms with E-state index in [0.29, 0.717) is 12.2 Å². The number of thiophene rings is 1. The summed E-state index contributed by atoms with van der Waals surface area (Å²) in [5.41, 5.74) is 2.18. The first-order valence-electron chi connectivity index (χ1n) is 9.06. The van der Waals surface area contributed by atoms with Crippen LogP contribution in [0.4, 0.5) is 0 Å². The number of aromatic nitrogens is 2. The van der Waals surface area contributed by atoms with E-state index >= 15 is 0 Å². The number of nitrogens with zero attached hydrogens (tertiary/aromatic N) is 2. The fourth-order valence-corrected chi connectivity index (χ4v) is 5.02. The molecule has 0 unspecified atom stereocenters. The van der Waals surface area contributed by atoms with Gasteiger partial charge in [0, 0.05) is 10.3 Å². The van der Waals surface area contributed by atoms with Gasteiger partial charge in [-0.3, -0.25) is 9.59 Å². The molecule has 0 aliphatic rings. The van der Waals surface area contributed by atoms with Crippen molar-refractivity contribution in [2.24, 2.45) is 0 Å². The third kappa shape index (κ3) is 4.77. The Kier molecular flexibility index (Phi) is 6.46. The molecule has 146 valence electrons. The van der Waals surface area contributed by atoms with Gasteiger partial charge in [-0.05, 0) is 45.2 Å². The Balaban J connectivity index is 1.69. The van der Waals surface area contributed by atoms with E-state index in [2.05, 4.69) is 29.1 Å². The van der Waals surface area contributed by atoms with Crippen molar-refractivity contribution in [3.8, 4) is 0 Å². The van der Waals surface area contributed by atoms with Crippen LogP contribution in [0.1, 0.15) is 28.8 Å². The molecule has 0 saturated carbocycles. The van der Waals surface area contributed by atoms with Crippen molar-refractivity contribution in [3.63, 3.8) is 0 Å². The third-order valence-electron chi connectivity index (χ3n) is 4.56. The molecular formula is C21H23N3O2S2. The number of thioether (sulfide) groups is 1. The summed E-state index contributed by atoms with van der Waals surface area (Å²) >= 11 is 3.04. The van der Waals surface area contributed by atoms with E-state index in [1.54, 1.807) is 11.3 Å². The lowest BCUT2D eigenvalue weighted by Crippen LogP contribution is -2.42. The van der Waals surface area contributed by atoms with E-state index in [9.17, 15) is 9.59 Å². The van der Waals surface area contributed by atoms with Crippen LogP contribution < -0.4 is 5.32 Å². The zero-order chi connectivity index (χ0) is 20.3. The van der Waals surface area contributed by atoms with Gasteiger partial charge in [-0.15, -0.1) is 11.3 Å². The number of amides is 1. The molecule has 2 heterocycles. The molecule has 7 heteroatoms. The highest BCUT2D eigenvalue weighted by atomic mass is 32.2. The van der Waals surface area contributed by atoms with Crippen molar-refractivity contribution in [1.82, 2.24) is 15.3 Å². The minimum Gasteiger partial charge on any atom is -0.345 e. The highest BCUT2D eigenvalue weighted by Gasteiger charge is 2.19. The SMILES string of the molecule is CC(=O)[C@@H](Cc1ccccc1)NC(=O)CSc1nc(C)nc2sc(C)c(C)c12. The van der Waals surface area contributed by atoms with E-state index in [1.807, 2.05) is 37.3 Å². The fraction of sp³-hybridized carbons (Fsp3) is 0.333. The smallest absolute Gasteiger partial charge is 0.231 e. The minimum absolute atomic E-state index is 0.0493. The number of hydrogen-bond donors (Lipinski definition) is 1. The Morgan fingerprint density at radius 2 is 1.86 bits per heavy atom. The van der Waals surface area contributed by atoms with Gasteiger partial charge in [0.25, 0.3) is 0 Å². The summed E-state index contributed by atoms with van der Waals surface area (Å²) in [4.78, 5) is 35.7. The van der Waals surface area contributed by atoms with E-state index in [-0.39, 0.29) is 17.4 Å². The summed E-state index contributed by atoms with van der Waals surface area (Å²) in [5, 5.41) is 4.72. The largest absolute Gasteiger partial charge is 0.345 e. The fourth-order valence-electron chi connectivity index (χ4n) is 2.93. The second-order valence-corrected chi connectivity index (χ2v) is 8.92. The summed E-state index contributed by atoms with van der Waals surface area (Å²) in [5.74, 6) is 0.683. The number of hydrogen-bond acceptors (Lipinski definition) is 6. The highest BCUT2D eigenvalue weighted by molar-refractivity contribution is 8.00. The van der Waals surface area contributed by atoms with Crippen molar-refractivity contribution in [3.05, 3.63) is 52.2 Å². The summed E-state index contributed by atoms with van der Waals surface area (Å²) in [6.45, 7) is 7.50. The topological polar surface area (TPSA) is 72.0 Å².